The molecular formula is C20H17Cl2N3OS. The summed E-state index contributed by atoms with van der Waals surface area (Å²) in [7, 11) is 0. The lowest BCUT2D eigenvalue weighted by Crippen LogP contribution is -2.29. The molecule has 27 heavy (non-hydrogen) atoms. The van der Waals surface area contributed by atoms with E-state index in [-0.39, 0.29) is 5.91 Å². The van der Waals surface area contributed by atoms with Crippen LogP contribution in [0, 0.1) is 0 Å². The average Bonchev–Trinajstić information content (AvgIpc) is 3.03. The van der Waals surface area contributed by atoms with Crippen molar-refractivity contribution in [2.75, 3.05) is 11.9 Å². The minimum absolute atomic E-state index is 0.258. The van der Waals surface area contributed by atoms with E-state index in [0.717, 1.165) is 31.7 Å². The van der Waals surface area contributed by atoms with Crippen molar-refractivity contribution in [3.8, 4) is 0 Å². The lowest BCUT2D eigenvalue weighted by molar-refractivity contribution is 0.102. The standard InChI is InChI=1S/C20H17Cl2N3OS/c21-15-8-14(9-16(22)10-15)19(26)24-20-23-17-6-7-25(12-18(17)27-20)11-13-4-2-1-3-5-13/h1-5,8-10H,6-7,11-12H2,(H,23,24,26). The van der Waals surface area contributed by atoms with Gasteiger partial charge in [-0.1, -0.05) is 53.5 Å². The van der Waals surface area contributed by atoms with Crippen molar-refractivity contribution in [3.63, 3.8) is 0 Å². The van der Waals surface area contributed by atoms with Gasteiger partial charge in [-0.3, -0.25) is 15.0 Å². The van der Waals surface area contributed by atoms with E-state index in [0.29, 0.717) is 20.7 Å². The number of anilines is 1. The summed E-state index contributed by atoms with van der Waals surface area (Å²) in [5, 5.41) is 4.35. The first kappa shape index (κ1) is 18.4. The van der Waals surface area contributed by atoms with Gasteiger partial charge in [0.1, 0.15) is 0 Å². The zero-order valence-electron chi connectivity index (χ0n) is 14.4. The summed E-state index contributed by atoms with van der Waals surface area (Å²) in [6, 6.07) is 15.2. The van der Waals surface area contributed by atoms with Gasteiger partial charge < -0.3 is 0 Å². The van der Waals surface area contributed by atoms with Crippen molar-refractivity contribution in [1.82, 2.24) is 9.88 Å². The fourth-order valence-electron chi connectivity index (χ4n) is 3.13. The van der Waals surface area contributed by atoms with Crippen LogP contribution in [0.15, 0.2) is 48.5 Å². The van der Waals surface area contributed by atoms with E-state index in [9.17, 15) is 4.79 Å². The first-order valence-electron chi connectivity index (χ1n) is 8.59. The maximum atomic E-state index is 12.5. The maximum Gasteiger partial charge on any atom is 0.257 e. The number of benzene rings is 2. The van der Waals surface area contributed by atoms with Crippen molar-refractivity contribution in [2.45, 2.75) is 19.5 Å². The van der Waals surface area contributed by atoms with Crippen LogP contribution in [0.25, 0.3) is 0 Å². The van der Waals surface area contributed by atoms with E-state index < -0.39 is 0 Å². The molecule has 4 nitrogen and oxygen atoms in total. The van der Waals surface area contributed by atoms with Gasteiger partial charge in [-0.25, -0.2) is 4.98 Å². The highest BCUT2D eigenvalue weighted by Gasteiger charge is 2.21. The van der Waals surface area contributed by atoms with Crippen molar-refractivity contribution < 1.29 is 4.79 Å². The number of carbonyl (C=O) groups is 1. The van der Waals surface area contributed by atoms with Crippen LogP contribution in [0.4, 0.5) is 5.13 Å². The number of thiazole rings is 1. The van der Waals surface area contributed by atoms with Gasteiger partial charge in [0.15, 0.2) is 5.13 Å². The Bertz CT molecular complexity index is 954. The number of hydrogen-bond acceptors (Lipinski definition) is 4. The molecule has 1 amide bonds. The fraction of sp³-hybridized carbons (Fsp3) is 0.200. The molecule has 0 fully saturated rings. The molecule has 0 atom stereocenters. The van der Waals surface area contributed by atoms with E-state index in [1.54, 1.807) is 18.2 Å². The topological polar surface area (TPSA) is 45.2 Å². The molecule has 138 valence electrons. The highest BCUT2D eigenvalue weighted by atomic mass is 35.5. The second-order valence-electron chi connectivity index (χ2n) is 6.45. The zero-order valence-corrected chi connectivity index (χ0v) is 16.7. The van der Waals surface area contributed by atoms with Gasteiger partial charge in [-0.05, 0) is 23.8 Å². The molecule has 1 aromatic heterocycles. The summed E-state index contributed by atoms with van der Waals surface area (Å²) in [5.74, 6) is -0.258. The molecule has 1 N–H and O–H groups in total. The van der Waals surface area contributed by atoms with Gasteiger partial charge >= 0.3 is 0 Å². The summed E-state index contributed by atoms with van der Waals surface area (Å²) >= 11 is 13.5. The van der Waals surface area contributed by atoms with Gasteiger partial charge in [0, 0.05) is 46.5 Å². The Morgan fingerprint density at radius 3 is 2.63 bits per heavy atom. The lowest BCUT2D eigenvalue weighted by atomic mass is 10.1. The number of fused-ring (bicyclic) bond motifs is 1. The summed E-state index contributed by atoms with van der Waals surface area (Å²) in [5.41, 5.74) is 2.80. The van der Waals surface area contributed by atoms with Crippen LogP contribution in [0.2, 0.25) is 10.0 Å². The minimum Gasteiger partial charge on any atom is -0.298 e. The van der Waals surface area contributed by atoms with Gasteiger partial charge in [-0.2, -0.15) is 0 Å². The van der Waals surface area contributed by atoms with Gasteiger partial charge in [0.25, 0.3) is 5.91 Å². The molecular weight excluding hydrogens is 401 g/mol. The summed E-state index contributed by atoms with van der Waals surface area (Å²) in [6.45, 7) is 2.73. The molecule has 1 aliphatic rings. The molecule has 7 heteroatoms. The Labute approximate surface area is 171 Å². The quantitative estimate of drug-likeness (QED) is 0.629. The molecule has 2 heterocycles. The minimum atomic E-state index is -0.258. The van der Waals surface area contributed by atoms with Crippen LogP contribution in [-0.2, 0) is 19.5 Å². The van der Waals surface area contributed by atoms with Crippen LogP contribution < -0.4 is 5.32 Å². The van der Waals surface area contributed by atoms with Crippen molar-refractivity contribution in [3.05, 3.63) is 80.3 Å². The highest BCUT2D eigenvalue weighted by Crippen LogP contribution is 2.29. The fourth-order valence-corrected chi connectivity index (χ4v) is 4.70. The maximum absolute atomic E-state index is 12.5. The number of carbonyl (C=O) groups excluding carboxylic acids is 1. The van der Waals surface area contributed by atoms with Crippen LogP contribution in [0.5, 0.6) is 0 Å². The molecule has 0 spiro atoms. The zero-order chi connectivity index (χ0) is 18.8. The smallest absolute Gasteiger partial charge is 0.257 e. The molecule has 0 saturated carbocycles. The largest absolute Gasteiger partial charge is 0.298 e. The number of hydrogen-bond donors (Lipinski definition) is 1. The Morgan fingerprint density at radius 1 is 1.15 bits per heavy atom. The second-order valence-corrected chi connectivity index (χ2v) is 8.40. The monoisotopic (exact) mass is 417 g/mol. The van der Waals surface area contributed by atoms with Crippen LogP contribution in [0.1, 0.15) is 26.5 Å². The molecule has 2 aromatic carbocycles. The third-order valence-electron chi connectivity index (χ3n) is 4.40. The molecule has 0 unspecified atom stereocenters. The highest BCUT2D eigenvalue weighted by molar-refractivity contribution is 7.15. The molecule has 0 aliphatic carbocycles. The second kappa shape index (κ2) is 7.98. The van der Waals surface area contributed by atoms with Crippen molar-refractivity contribution in [2.24, 2.45) is 0 Å². The van der Waals surface area contributed by atoms with E-state index in [1.807, 2.05) is 6.07 Å². The number of rotatable bonds is 4. The van der Waals surface area contributed by atoms with Gasteiger partial charge in [0.05, 0.1) is 5.69 Å². The predicted octanol–water partition coefficient (Wildman–Crippen LogP) is 5.26. The van der Waals surface area contributed by atoms with E-state index in [4.69, 9.17) is 23.2 Å². The van der Waals surface area contributed by atoms with E-state index >= 15 is 0 Å². The Hall–Kier alpha value is -1.92. The number of halogens is 2. The average molecular weight is 418 g/mol. The summed E-state index contributed by atoms with van der Waals surface area (Å²) < 4.78 is 0. The Balaban J connectivity index is 1.44. The number of nitrogens with zero attached hydrogens (tertiary/aromatic N) is 2. The van der Waals surface area contributed by atoms with Crippen molar-refractivity contribution >= 4 is 45.6 Å². The Morgan fingerprint density at radius 2 is 1.89 bits per heavy atom. The molecule has 0 radical (unpaired) electrons. The summed E-state index contributed by atoms with van der Waals surface area (Å²) in [4.78, 5) is 20.7. The molecule has 1 aliphatic heterocycles. The molecule has 0 saturated heterocycles. The third-order valence-corrected chi connectivity index (χ3v) is 5.84. The van der Waals surface area contributed by atoms with E-state index in [2.05, 4.69) is 39.5 Å². The molecule has 4 rings (SSSR count). The summed E-state index contributed by atoms with van der Waals surface area (Å²) in [6.07, 6.45) is 0.886. The predicted molar refractivity (Wildman–Crippen MR) is 111 cm³/mol. The van der Waals surface area contributed by atoms with Crippen molar-refractivity contribution in [1.29, 1.82) is 0 Å². The van der Waals surface area contributed by atoms with Crippen LogP contribution in [-0.4, -0.2) is 22.3 Å². The first-order chi connectivity index (χ1) is 13.1. The van der Waals surface area contributed by atoms with Crippen LogP contribution in [0.3, 0.4) is 0 Å². The normalized spacial score (nSPS) is 14.0. The number of aromatic nitrogens is 1. The first-order valence-corrected chi connectivity index (χ1v) is 10.2. The molecule has 0 bridgehead atoms. The van der Waals surface area contributed by atoms with Gasteiger partial charge in [-0.15, -0.1) is 11.3 Å². The number of amides is 1. The van der Waals surface area contributed by atoms with Crippen LogP contribution >= 0.6 is 34.5 Å². The lowest BCUT2D eigenvalue weighted by Gasteiger charge is -2.25. The number of nitrogens with one attached hydrogen (secondary N) is 1. The third kappa shape index (κ3) is 4.50. The van der Waals surface area contributed by atoms with E-state index in [1.165, 1.54) is 21.8 Å². The molecule has 3 aromatic rings. The SMILES string of the molecule is O=C(Nc1nc2c(s1)CN(Cc1ccccc1)CC2)c1cc(Cl)cc(Cl)c1. The van der Waals surface area contributed by atoms with Gasteiger partial charge in [0.2, 0.25) is 0 Å². The Kier molecular flexibility index (Phi) is 5.45.